The van der Waals surface area contributed by atoms with E-state index in [1.807, 2.05) is 0 Å². The van der Waals surface area contributed by atoms with E-state index in [2.05, 4.69) is 15.0 Å². The summed E-state index contributed by atoms with van der Waals surface area (Å²) in [5.74, 6) is 0.215. The number of imidazole rings is 1. The molecular weight excluding hydrogens is 329 g/mol. The van der Waals surface area contributed by atoms with Gasteiger partial charge in [0.2, 0.25) is 0 Å². The van der Waals surface area contributed by atoms with Crippen LogP contribution in [-0.2, 0) is 18.3 Å². The van der Waals surface area contributed by atoms with Crippen LogP contribution in [0.15, 0.2) is 6.33 Å². The van der Waals surface area contributed by atoms with Crippen LogP contribution >= 0.6 is 19.8 Å². The number of hydrogen-bond donors (Lipinski definition) is 2. The number of aromatic nitrogens is 4. The first-order valence-corrected chi connectivity index (χ1v) is 9.11. The lowest BCUT2D eigenvalue weighted by Gasteiger charge is -2.28. The number of aromatic amines is 1. The summed E-state index contributed by atoms with van der Waals surface area (Å²) in [5.41, 5.74) is 6.90. The van der Waals surface area contributed by atoms with E-state index in [4.69, 9.17) is 31.7 Å². The van der Waals surface area contributed by atoms with Crippen molar-refractivity contribution < 1.29 is 18.3 Å². The van der Waals surface area contributed by atoms with Gasteiger partial charge in [-0.3, -0.25) is 9.13 Å². The van der Waals surface area contributed by atoms with Gasteiger partial charge in [0.05, 0.1) is 19.0 Å². The third-order valence-electron chi connectivity index (χ3n) is 3.76. The van der Waals surface area contributed by atoms with E-state index in [1.54, 1.807) is 10.9 Å². The topological polar surface area (TPSA) is 117 Å². The second-order valence-electron chi connectivity index (χ2n) is 5.35. The second kappa shape index (κ2) is 4.84. The zero-order valence-electron chi connectivity index (χ0n) is 11.6. The summed E-state index contributed by atoms with van der Waals surface area (Å²) >= 11 is 5.15. The van der Waals surface area contributed by atoms with E-state index in [9.17, 15) is 4.57 Å². The van der Waals surface area contributed by atoms with Crippen molar-refractivity contribution in [2.75, 3.05) is 19.0 Å². The average Bonchev–Trinajstić information content (AvgIpc) is 3.00. The fourth-order valence-corrected chi connectivity index (χ4v) is 4.23. The molecule has 4 rings (SSSR count). The highest BCUT2D eigenvalue weighted by Gasteiger charge is 2.45. The third kappa shape index (κ3) is 2.27. The van der Waals surface area contributed by atoms with Crippen LogP contribution in [0.25, 0.3) is 11.2 Å². The minimum atomic E-state index is -2.98. The molecule has 0 saturated carbocycles. The highest BCUT2D eigenvalue weighted by Crippen LogP contribution is 2.52. The highest BCUT2D eigenvalue weighted by atomic mass is 32.1. The first-order valence-electron chi connectivity index (χ1n) is 6.71. The molecule has 2 saturated heterocycles. The second-order valence-corrected chi connectivity index (χ2v) is 7.75. The van der Waals surface area contributed by atoms with Crippen LogP contribution in [0.2, 0.25) is 0 Å². The maximum atomic E-state index is 11.9. The number of anilines is 1. The number of nitrogens with zero attached hydrogens (tertiary/aromatic N) is 3. The molecule has 9 nitrogen and oxygen atoms in total. The predicted octanol–water partition coefficient (Wildman–Crippen LogP) is 1.60. The Balaban J connectivity index is 1.69. The molecule has 0 bridgehead atoms. The lowest BCUT2D eigenvalue weighted by Crippen LogP contribution is -2.32. The molecule has 2 aliphatic rings. The molecule has 2 fully saturated rings. The maximum Gasteiger partial charge on any atom is 0.328 e. The Morgan fingerprint density at radius 3 is 3.18 bits per heavy atom. The molecule has 0 spiro atoms. The predicted molar refractivity (Wildman–Crippen MR) is 80.0 cm³/mol. The van der Waals surface area contributed by atoms with Gasteiger partial charge in [0.25, 0.3) is 0 Å². The van der Waals surface area contributed by atoms with E-state index >= 15 is 0 Å². The van der Waals surface area contributed by atoms with Crippen molar-refractivity contribution in [3.8, 4) is 0 Å². The summed E-state index contributed by atoms with van der Waals surface area (Å²) in [6.07, 6.45) is 1.31. The number of hydrogen-bond acceptors (Lipinski definition) is 8. The molecule has 0 aliphatic carbocycles. The molecule has 22 heavy (non-hydrogen) atoms. The van der Waals surface area contributed by atoms with E-state index in [0.29, 0.717) is 22.2 Å². The van der Waals surface area contributed by atoms with Crippen molar-refractivity contribution in [2.45, 2.75) is 24.9 Å². The number of fused-ring (bicyclic) bond motifs is 2. The number of ether oxygens (including phenoxy) is 1. The van der Waals surface area contributed by atoms with Gasteiger partial charge in [0, 0.05) is 13.1 Å². The van der Waals surface area contributed by atoms with Crippen LogP contribution in [-0.4, -0.2) is 45.0 Å². The van der Waals surface area contributed by atoms with Crippen LogP contribution in [0.5, 0.6) is 0 Å². The fraction of sp³-hybridized carbons (Fsp3) is 0.545. The van der Waals surface area contributed by atoms with E-state index in [-0.39, 0.29) is 31.0 Å². The van der Waals surface area contributed by atoms with Crippen LogP contribution < -0.4 is 5.73 Å². The molecule has 11 heteroatoms. The first kappa shape index (κ1) is 14.3. The molecule has 2 aromatic rings. The lowest BCUT2D eigenvalue weighted by molar-refractivity contribution is -0.0558. The molecule has 4 atom stereocenters. The highest BCUT2D eigenvalue weighted by molar-refractivity contribution is 7.71. The largest absolute Gasteiger partial charge is 0.369 e. The SMILES string of the molecule is CP1(=O)OC[C@H]2O[C@@H](n3cnc4c(=S)nc(N)[nH]c43)C[C@@H]2O1. The van der Waals surface area contributed by atoms with Gasteiger partial charge < -0.3 is 24.5 Å². The van der Waals surface area contributed by atoms with Crippen molar-refractivity contribution >= 4 is 36.9 Å². The van der Waals surface area contributed by atoms with Gasteiger partial charge in [-0.25, -0.2) is 9.97 Å². The smallest absolute Gasteiger partial charge is 0.328 e. The number of rotatable bonds is 1. The van der Waals surface area contributed by atoms with Crippen molar-refractivity contribution in [2.24, 2.45) is 0 Å². The van der Waals surface area contributed by atoms with E-state index in [1.165, 1.54) is 6.66 Å². The Kier molecular flexibility index (Phi) is 3.14. The van der Waals surface area contributed by atoms with Crippen molar-refractivity contribution in [3.63, 3.8) is 0 Å². The molecular formula is C11H14N5O4PS. The summed E-state index contributed by atoms with van der Waals surface area (Å²) in [6.45, 7) is 1.72. The van der Waals surface area contributed by atoms with Crippen LogP contribution in [0.3, 0.4) is 0 Å². The van der Waals surface area contributed by atoms with Gasteiger partial charge in [-0.05, 0) is 0 Å². The number of nitrogens with two attached hydrogens (primary N) is 1. The fourth-order valence-electron chi connectivity index (χ4n) is 2.79. The zero-order valence-corrected chi connectivity index (χ0v) is 13.3. The molecule has 118 valence electrons. The molecule has 4 heterocycles. The van der Waals surface area contributed by atoms with Crippen LogP contribution in [0.4, 0.5) is 5.95 Å². The number of nitrogen functional groups attached to an aromatic ring is 1. The summed E-state index contributed by atoms with van der Waals surface area (Å²) in [6, 6.07) is 0. The zero-order chi connectivity index (χ0) is 15.5. The van der Waals surface area contributed by atoms with Crippen LogP contribution in [0.1, 0.15) is 12.6 Å². The molecule has 0 amide bonds. The maximum absolute atomic E-state index is 11.9. The molecule has 0 radical (unpaired) electrons. The van der Waals surface area contributed by atoms with Crippen molar-refractivity contribution in [1.82, 2.24) is 19.5 Å². The Bertz CT molecular complexity index is 851. The Morgan fingerprint density at radius 2 is 2.36 bits per heavy atom. The van der Waals surface area contributed by atoms with Gasteiger partial charge in [-0.15, -0.1) is 0 Å². The van der Waals surface area contributed by atoms with Gasteiger partial charge in [0.15, 0.2) is 10.6 Å². The number of nitrogens with one attached hydrogen (secondary N) is 1. The first-order chi connectivity index (χ1) is 10.4. The van der Waals surface area contributed by atoms with Crippen molar-refractivity contribution in [3.05, 3.63) is 11.0 Å². The van der Waals surface area contributed by atoms with E-state index in [0.717, 1.165) is 0 Å². The van der Waals surface area contributed by atoms with Crippen LogP contribution in [0, 0.1) is 4.64 Å². The molecule has 0 aromatic carbocycles. The summed E-state index contributed by atoms with van der Waals surface area (Å²) in [7, 11) is -2.98. The Morgan fingerprint density at radius 1 is 1.55 bits per heavy atom. The third-order valence-corrected chi connectivity index (χ3v) is 5.31. The van der Waals surface area contributed by atoms with Gasteiger partial charge in [-0.1, -0.05) is 12.2 Å². The minimum absolute atomic E-state index is 0.215. The monoisotopic (exact) mass is 343 g/mol. The average molecular weight is 343 g/mol. The summed E-state index contributed by atoms with van der Waals surface area (Å²) in [4.78, 5) is 11.2. The quantitative estimate of drug-likeness (QED) is 0.592. The number of H-pyrrole nitrogens is 1. The minimum Gasteiger partial charge on any atom is -0.369 e. The standard InChI is InChI=1S/C11H14N5O4PS/c1-21(17)18-3-6-5(20-21)2-7(19-6)16-4-13-8-9(16)14-11(12)15-10(8)22/h4-7H,2-3H2,1H3,(H3,12,14,15,22)/t5-,6+,7+,21?/m0/s1. The lowest BCUT2D eigenvalue weighted by atomic mass is 10.2. The van der Waals surface area contributed by atoms with E-state index < -0.39 is 7.60 Å². The Hall–Kier alpha value is -1.32. The molecule has 2 aromatic heterocycles. The Labute approximate surface area is 130 Å². The van der Waals surface area contributed by atoms with Gasteiger partial charge in [-0.2, -0.15) is 0 Å². The summed E-state index contributed by atoms with van der Waals surface area (Å²) in [5, 5.41) is 0. The molecule has 2 aliphatic heterocycles. The van der Waals surface area contributed by atoms with Crippen molar-refractivity contribution in [1.29, 1.82) is 0 Å². The summed E-state index contributed by atoms with van der Waals surface area (Å²) < 4.78 is 30.7. The molecule has 1 unspecified atom stereocenters. The molecule has 3 N–H and O–H groups in total. The normalized spacial score (nSPS) is 34.9. The van der Waals surface area contributed by atoms with Gasteiger partial charge in [0.1, 0.15) is 23.5 Å². The van der Waals surface area contributed by atoms with Gasteiger partial charge >= 0.3 is 7.60 Å².